The molecule has 30 heavy (non-hydrogen) atoms. The molecule has 5 rings (SSSR count). The Morgan fingerprint density at radius 2 is 2.20 bits per heavy atom. The molecule has 0 unspecified atom stereocenters. The van der Waals surface area contributed by atoms with Crippen LogP contribution in [0, 0.1) is 0 Å². The van der Waals surface area contributed by atoms with Gasteiger partial charge in [0.05, 0.1) is 0 Å². The number of para-hydroxylation sites is 1. The molecule has 9 nitrogen and oxygen atoms in total. The molecule has 2 aromatic heterocycles. The van der Waals surface area contributed by atoms with Crippen molar-refractivity contribution in [1.82, 2.24) is 29.2 Å². The maximum atomic E-state index is 13.3. The van der Waals surface area contributed by atoms with E-state index in [2.05, 4.69) is 20.4 Å². The van der Waals surface area contributed by atoms with Crippen molar-refractivity contribution in [2.75, 3.05) is 11.9 Å². The SMILES string of the molecule is Cn1ccnc1[C@@H]1N(C(=O)CCCn2cncn2)CC[C@]12C(=O)Nc1ccccc12. The van der Waals surface area contributed by atoms with Crippen LogP contribution in [0.15, 0.2) is 49.3 Å². The van der Waals surface area contributed by atoms with Crippen LogP contribution in [0.25, 0.3) is 0 Å². The van der Waals surface area contributed by atoms with Crippen molar-refractivity contribution in [2.24, 2.45) is 7.05 Å². The minimum Gasteiger partial charge on any atom is -0.336 e. The van der Waals surface area contributed by atoms with Crippen LogP contribution in [0.3, 0.4) is 0 Å². The molecule has 2 aliphatic rings. The molecular weight excluding hydrogens is 382 g/mol. The van der Waals surface area contributed by atoms with E-state index in [1.54, 1.807) is 17.2 Å². The molecule has 154 valence electrons. The predicted molar refractivity (Wildman–Crippen MR) is 108 cm³/mol. The summed E-state index contributed by atoms with van der Waals surface area (Å²) in [5.74, 6) is 0.691. The highest BCUT2D eigenvalue weighted by molar-refractivity contribution is 6.07. The number of anilines is 1. The first-order valence-corrected chi connectivity index (χ1v) is 10.1. The van der Waals surface area contributed by atoms with E-state index in [1.165, 1.54) is 6.33 Å². The molecule has 2 aliphatic heterocycles. The van der Waals surface area contributed by atoms with Crippen molar-refractivity contribution in [2.45, 2.75) is 37.3 Å². The minimum absolute atomic E-state index is 0.0252. The number of carbonyl (C=O) groups excluding carboxylic acids is 2. The predicted octanol–water partition coefficient (Wildman–Crippen LogP) is 1.66. The van der Waals surface area contributed by atoms with Crippen LogP contribution in [0.2, 0.25) is 0 Å². The molecule has 1 spiro atoms. The smallest absolute Gasteiger partial charge is 0.237 e. The number of amides is 2. The van der Waals surface area contributed by atoms with Crippen LogP contribution in [0.4, 0.5) is 5.69 Å². The molecular formula is C21H23N7O2. The summed E-state index contributed by atoms with van der Waals surface area (Å²) in [5, 5.41) is 7.12. The third-order valence-corrected chi connectivity index (χ3v) is 6.25. The van der Waals surface area contributed by atoms with Gasteiger partial charge in [0.15, 0.2) is 0 Å². The van der Waals surface area contributed by atoms with Crippen molar-refractivity contribution < 1.29 is 9.59 Å². The monoisotopic (exact) mass is 405 g/mol. The van der Waals surface area contributed by atoms with Crippen molar-refractivity contribution in [3.63, 3.8) is 0 Å². The van der Waals surface area contributed by atoms with Gasteiger partial charge in [0, 0.05) is 44.6 Å². The Hall–Kier alpha value is -3.49. The maximum Gasteiger partial charge on any atom is 0.237 e. The average molecular weight is 405 g/mol. The number of aryl methyl sites for hydroxylation is 2. The average Bonchev–Trinajstić information content (AvgIpc) is 3.51. The lowest BCUT2D eigenvalue weighted by molar-refractivity contribution is -0.134. The lowest BCUT2D eigenvalue weighted by atomic mass is 9.74. The van der Waals surface area contributed by atoms with Gasteiger partial charge in [-0.25, -0.2) is 9.97 Å². The second-order valence-electron chi connectivity index (χ2n) is 7.87. The topological polar surface area (TPSA) is 97.9 Å². The Bertz CT molecular complexity index is 1090. The Morgan fingerprint density at radius 1 is 1.33 bits per heavy atom. The molecule has 0 bridgehead atoms. The molecule has 1 N–H and O–H groups in total. The minimum atomic E-state index is -0.822. The van der Waals surface area contributed by atoms with E-state index >= 15 is 0 Å². The van der Waals surface area contributed by atoms with Crippen molar-refractivity contribution in [3.8, 4) is 0 Å². The standard InChI is InChI=1S/C21H23N7O2/c1-26-12-9-23-19(26)18-21(15-5-2-3-6-16(15)25-20(21)30)8-11-28(18)17(29)7-4-10-27-14-22-13-24-27/h2-3,5-6,9,12-14,18H,4,7-8,10-11H2,1H3,(H,25,30)/t18-,21+/m0/s1. The molecule has 0 saturated carbocycles. The van der Waals surface area contributed by atoms with E-state index in [4.69, 9.17) is 0 Å². The summed E-state index contributed by atoms with van der Waals surface area (Å²) in [6.45, 7) is 1.14. The molecule has 2 amide bonds. The number of rotatable bonds is 5. The maximum absolute atomic E-state index is 13.3. The number of benzene rings is 1. The number of nitrogens with zero attached hydrogens (tertiary/aromatic N) is 6. The molecule has 4 heterocycles. The first kappa shape index (κ1) is 18.5. The van der Waals surface area contributed by atoms with Gasteiger partial charge in [0.25, 0.3) is 0 Å². The van der Waals surface area contributed by atoms with E-state index in [-0.39, 0.29) is 11.8 Å². The molecule has 1 fully saturated rings. The van der Waals surface area contributed by atoms with Crippen LogP contribution in [-0.4, -0.2) is 47.6 Å². The van der Waals surface area contributed by atoms with E-state index in [0.29, 0.717) is 32.4 Å². The molecule has 1 saturated heterocycles. The Balaban J connectivity index is 1.48. The first-order valence-electron chi connectivity index (χ1n) is 10.1. The van der Waals surface area contributed by atoms with Crippen LogP contribution in [0.5, 0.6) is 0 Å². The second kappa shape index (κ2) is 7.08. The number of aromatic nitrogens is 5. The highest BCUT2D eigenvalue weighted by atomic mass is 16.2. The summed E-state index contributed by atoms with van der Waals surface area (Å²) >= 11 is 0. The number of hydrogen-bond acceptors (Lipinski definition) is 5. The molecule has 0 aliphatic carbocycles. The van der Waals surface area contributed by atoms with Crippen molar-refractivity contribution in [3.05, 3.63) is 60.7 Å². The second-order valence-corrected chi connectivity index (χ2v) is 7.87. The van der Waals surface area contributed by atoms with Gasteiger partial charge in [0.2, 0.25) is 11.8 Å². The first-order chi connectivity index (χ1) is 14.6. The van der Waals surface area contributed by atoms with E-state index in [0.717, 1.165) is 17.1 Å². The Kier molecular flexibility index (Phi) is 4.38. The Labute approximate surface area is 173 Å². The lowest BCUT2D eigenvalue weighted by Gasteiger charge is -2.33. The zero-order valence-electron chi connectivity index (χ0n) is 16.7. The van der Waals surface area contributed by atoms with Gasteiger partial charge >= 0.3 is 0 Å². The van der Waals surface area contributed by atoms with Crippen LogP contribution < -0.4 is 5.32 Å². The number of hydrogen-bond donors (Lipinski definition) is 1. The normalized spacial score (nSPS) is 22.5. The summed E-state index contributed by atoms with van der Waals surface area (Å²) in [5.41, 5.74) is 0.945. The number of imidazole rings is 1. The van der Waals surface area contributed by atoms with E-state index in [1.807, 2.05) is 47.0 Å². The fourth-order valence-electron chi connectivity index (χ4n) is 4.84. The zero-order chi connectivity index (χ0) is 20.7. The van der Waals surface area contributed by atoms with Gasteiger partial charge in [-0.1, -0.05) is 18.2 Å². The summed E-state index contributed by atoms with van der Waals surface area (Å²) in [4.78, 5) is 36.9. The highest BCUT2D eigenvalue weighted by Gasteiger charge is 2.60. The van der Waals surface area contributed by atoms with Gasteiger partial charge in [0.1, 0.15) is 29.9 Å². The van der Waals surface area contributed by atoms with Gasteiger partial charge < -0.3 is 14.8 Å². The molecule has 2 atom stereocenters. The van der Waals surface area contributed by atoms with Crippen molar-refractivity contribution in [1.29, 1.82) is 0 Å². The third kappa shape index (κ3) is 2.72. The van der Waals surface area contributed by atoms with Gasteiger partial charge in [-0.15, -0.1) is 0 Å². The fraction of sp³-hybridized carbons (Fsp3) is 0.381. The van der Waals surface area contributed by atoms with E-state index < -0.39 is 11.5 Å². The molecule has 1 aromatic carbocycles. The highest BCUT2D eigenvalue weighted by Crippen LogP contribution is 2.54. The van der Waals surface area contributed by atoms with Crippen molar-refractivity contribution >= 4 is 17.5 Å². The third-order valence-electron chi connectivity index (χ3n) is 6.25. The fourth-order valence-corrected chi connectivity index (χ4v) is 4.84. The number of likely N-dealkylation sites (tertiary alicyclic amines) is 1. The van der Waals surface area contributed by atoms with Gasteiger partial charge in [-0.2, -0.15) is 5.10 Å². The van der Waals surface area contributed by atoms with Crippen LogP contribution >= 0.6 is 0 Å². The molecule has 3 aromatic rings. The summed E-state index contributed by atoms with van der Waals surface area (Å²) in [7, 11) is 1.90. The van der Waals surface area contributed by atoms with Crippen LogP contribution in [0.1, 0.15) is 36.7 Å². The van der Waals surface area contributed by atoms with E-state index in [9.17, 15) is 9.59 Å². The van der Waals surface area contributed by atoms with Crippen LogP contribution in [-0.2, 0) is 28.6 Å². The summed E-state index contributed by atoms with van der Waals surface area (Å²) in [6, 6.07) is 7.32. The molecule has 9 heteroatoms. The van der Waals surface area contributed by atoms with Gasteiger partial charge in [-0.3, -0.25) is 14.3 Å². The Morgan fingerprint density at radius 3 is 2.97 bits per heavy atom. The number of fused-ring (bicyclic) bond motifs is 2. The quantitative estimate of drug-likeness (QED) is 0.696. The lowest BCUT2D eigenvalue weighted by Crippen LogP contribution is -2.43. The summed E-state index contributed by atoms with van der Waals surface area (Å²) in [6.07, 6.45) is 8.30. The number of nitrogens with one attached hydrogen (secondary N) is 1. The zero-order valence-corrected chi connectivity index (χ0v) is 16.7. The van der Waals surface area contributed by atoms with Gasteiger partial charge in [-0.05, 0) is 24.5 Å². The number of carbonyl (C=O) groups is 2. The largest absolute Gasteiger partial charge is 0.336 e. The summed E-state index contributed by atoms with van der Waals surface area (Å²) < 4.78 is 3.62. The molecule has 0 radical (unpaired) electrons.